The molecule has 0 spiro atoms. The molecule has 0 radical (unpaired) electrons. The van der Waals surface area contributed by atoms with Crippen LogP contribution in [0.3, 0.4) is 0 Å². The summed E-state index contributed by atoms with van der Waals surface area (Å²) in [4.78, 5) is 2.46. The Kier molecular flexibility index (Phi) is 4.75. The third-order valence-electron chi connectivity index (χ3n) is 4.56. The average molecular weight is 322 g/mol. The van der Waals surface area contributed by atoms with Gasteiger partial charge in [0.05, 0.1) is 0 Å². The Morgan fingerprint density at radius 3 is 2.64 bits per heavy atom. The molecule has 6 nitrogen and oxygen atoms in total. The predicted molar refractivity (Wildman–Crippen MR) is 86.9 cm³/mol. The van der Waals surface area contributed by atoms with Crippen LogP contribution in [0.25, 0.3) is 0 Å². The van der Waals surface area contributed by atoms with Crippen molar-refractivity contribution in [2.75, 3.05) is 19.6 Å². The summed E-state index contributed by atoms with van der Waals surface area (Å²) in [5.74, 6) is 0.653. The summed E-state index contributed by atoms with van der Waals surface area (Å²) in [7, 11) is 0. The van der Waals surface area contributed by atoms with Crippen LogP contribution in [0.15, 0.2) is 35.5 Å². The number of hydrogen-bond donors (Lipinski definition) is 2. The van der Waals surface area contributed by atoms with Gasteiger partial charge in [0.15, 0.2) is 5.84 Å². The van der Waals surface area contributed by atoms with Gasteiger partial charge in [0.25, 0.3) is 0 Å². The highest BCUT2D eigenvalue weighted by atomic mass is 32.2. The fourth-order valence-electron chi connectivity index (χ4n) is 3.12. The lowest BCUT2D eigenvalue weighted by atomic mass is 9.75. The maximum Gasteiger partial charge on any atom is 0.338 e. The van der Waals surface area contributed by atoms with Gasteiger partial charge in [-0.2, -0.15) is 4.21 Å². The molecular formula is C15H22N4O2S. The number of oxime groups is 1. The molecule has 0 saturated carbocycles. The zero-order valence-corrected chi connectivity index (χ0v) is 13.3. The Bertz CT molecular complexity index is 556. The molecule has 1 aromatic carbocycles. The zero-order valence-electron chi connectivity index (χ0n) is 12.5. The summed E-state index contributed by atoms with van der Waals surface area (Å²) in [5.41, 5.74) is 7.40. The number of benzene rings is 1. The summed E-state index contributed by atoms with van der Waals surface area (Å²) in [6.07, 6.45) is 2.74. The van der Waals surface area contributed by atoms with E-state index in [-0.39, 0.29) is 5.41 Å². The molecular weight excluding hydrogens is 300 g/mol. The minimum atomic E-state index is -1.52. The van der Waals surface area contributed by atoms with Crippen LogP contribution in [0, 0.1) is 5.41 Å². The van der Waals surface area contributed by atoms with Crippen LogP contribution in [-0.2, 0) is 22.1 Å². The molecule has 2 aliphatic heterocycles. The molecule has 3 rings (SSSR count). The second kappa shape index (κ2) is 6.76. The van der Waals surface area contributed by atoms with Crippen molar-refractivity contribution in [2.24, 2.45) is 16.3 Å². The van der Waals surface area contributed by atoms with Crippen molar-refractivity contribution < 1.29 is 8.49 Å². The smallest absolute Gasteiger partial charge is 0.330 e. The van der Waals surface area contributed by atoms with Crippen LogP contribution in [0.4, 0.5) is 0 Å². The van der Waals surface area contributed by atoms with E-state index in [1.807, 2.05) is 6.07 Å². The van der Waals surface area contributed by atoms with Gasteiger partial charge >= 0.3 is 11.3 Å². The molecule has 1 unspecified atom stereocenters. The molecule has 0 aromatic heterocycles. The number of hydrogen-bond acceptors (Lipinski definition) is 5. The van der Waals surface area contributed by atoms with Gasteiger partial charge in [0.2, 0.25) is 0 Å². The predicted octanol–water partition coefficient (Wildman–Crippen LogP) is 1.13. The average Bonchev–Trinajstić information content (AvgIpc) is 2.95. The quantitative estimate of drug-likeness (QED) is 0.851. The second-order valence-corrected chi connectivity index (χ2v) is 6.91. The van der Waals surface area contributed by atoms with Gasteiger partial charge in [-0.25, -0.2) is 0 Å². The molecule has 22 heavy (non-hydrogen) atoms. The third-order valence-corrected chi connectivity index (χ3v) is 5.17. The Labute approximate surface area is 133 Å². The fourth-order valence-corrected chi connectivity index (χ4v) is 3.61. The molecule has 120 valence electrons. The Morgan fingerprint density at radius 1 is 1.32 bits per heavy atom. The molecule has 0 amide bonds. The third kappa shape index (κ3) is 3.66. The summed E-state index contributed by atoms with van der Waals surface area (Å²) in [5, 5.41) is 3.83. The van der Waals surface area contributed by atoms with E-state index in [0.29, 0.717) is 18.8 Å². The molecule has 2 heterocycles. The van der Waals surface area contributed by atoms with Gasteiger partial charge in [-0.05, 0) is 43.5 Å². The fraction of sp³-hybridized carbons (Fsp3) is 0.533. The molecule has 2 aliphatic rings. The van der Waals surface area contributed by atoms with Gasteiger partial charge in [-0.15, -0.1) is 0 Å². The number of nitrogens with one attached hydrogen (secondary N) is 1. The monoisotopic (exact) mass is 322 g/mol. The summed E-state index contributed by atoms with van der Waals surface area (Å²) < 4.78 is 18.6. The highest BCUT2D eigenvalue weighted by molar-refractivity contribution is 7.79. The van der Waals surface area contributed by atoms with E-state index in [0.717, 1.165) is 32.5 Å². The molecule has 0 aliphatic carbocycles. The number of likely N-dealkylation sites (tertiary alicyclic amines) is 1. The molecule has 3 N–H and O–H groups in total. The molecule has 0 bridgehead atoms. The SMILES string of the molecule is NCC1(CC2=NOS(=O)N2)CCN(Cc2ccccc2)CC1. The Morgan fingerprint density at radius 2 is 2.05 bits per heavy atom. The first-order chi connectivity index (χ1) is 10.7. The first-order valence-corrected chi connectivity index (χ1v) is 8.66. The van der Waals surface area contributed by atoms with Gasteiger partial charge in [-0.3, -0.25) is 13.9 Å². The number of piperidine rings is 1. The van der Waals surface area contributed by atoms with Crippen molar-refractivity contribution >= 4 is 17.1 Å². The number of nitrogens with two attached hydrogens (primary N) is 1. The van der Waals surface area contributed by atoms with E-state index in [1.54, 1.807) is 0 Å². The molecule has 7 heteroatoms. The summed E-state index contributed by atoms with van der Waals surface area (Å²) in [6, 6.07) is 10.5. The van der Waals surface area contributed by atoms with Crippen molar-refractivity contribution in [1.29, 1.82) is 0 Å². The van der Waals surface area contributed by atoms with Crippen molar-refractivity contribution in [3.05, 3.63) is 35.9 Å². The highest BCUT2D eigenvalue weighted by Crippen LogP contribution is 2.35. The standard InChI is InChI=1S/C15H22N4O2S/c16-12-15(10-14-17-21-22(20)18-14)6-8-19(9-7-15)11-13-4-2-1-3-5-13/h1-5H,6-12,16H2,(H,17,18). The maximum absolute atomic E-state index is 11.2. The van der Waals surface area contributed by atoms with Gasteiger partial charge in [0, 0.05) is 13.0 Å². The topological polar surface area (TPSA) is 80.0 Å². The van der Waals surface area contributed by atoms with Crippen molar-refractivity contribution in [1.82, 2.24) is 9.62 Å². The summed E-state index contributed by atoms with van der Waals surface area (Å²) in [6.45, 7) is 3.62. The lowest BCUT2D eigenvalue weighted by molar-refractivity contribution is 0.109. The Hall–Kier alpha value is -1.44. The van der Waals surface area contributed by atoms with E-state index in [1.165, 1.54) is 5.56 Å². The van der Waals surface area contributed by atoms with Gasteiger partial charge in [0.1, 0.15) is 0 Å². The van der Waals surface area contributed by atoms with E-state index in [4.69, 9.17) is 10.0 Å². The van der Waals surface area contributed by atoms with Crippen LogP contribution >= 0.6 is 0 Å². The Balaban J connectivity index is 1.55. The first-order valence-electron chi connectivity index (χ1n) is 7.58. The lowest BCUT2D eigenvalue weighted by Gasteiger charge is -2.41. The van der Waals surface area contributed by atoms with Crippen LogP contribution < -0.4 is 10.5 Å². The van der Waals surface area contributed by atoms with E-state index in [9.17, 15) is 4.21 Å². The van der Waals surface area contributed by atoms with Crippen LogP contribution in [0.1, 0.15) is 24.8 Å². The van der Waals surface area contributed by atoms with Gasteiger partial charge < -0.3 is 5.73 Å². The molecule has 1 atom stereocenters. The van der Waals surface area contributed by atoms with Crippen LogP contribution in [0.2, 0.25) is 0 Å². The summed E-state index contributed by atoms with van der Waals surface area (Å²) >= 11 is -1.52. The van der Waals surface area contributed by atoms with Crippen LogP contribution in [-0.4, -0.2) is 34.6 Å². The zero-order chi connectivity index (χ0) is 15.4. The molecule has 1 aromatic rings. The number of nitrogens with zero attached hydrogens (tertiary/aromatic N) is 2. The van der Waals surface area contributed by atoms with Crippen LogP contribution in [0.5, 0.6) is 0 Å². The van der Waals surface area contributed by atoms with Crippen molar-refractivity contribution in [2.45, 2.75) is 25.8 Å². The molecule has 1 fully saturated rings. The van der Waals surface area contributed by atoms with E-state index >= 15 is 0 Å². The normalized spacial score (nSPS) is 24.4. The van der Waals surface area contributed by atoms with Crippen molar-refractivity contribution in [3.63, 3.8) is 0 Å². The maximum atomic E-state index is 11.2. The largest absolute Gasteiger partial charge is 0.338 e. The number of amidine groups is 1. The highest BCUT2D eigenvalue weighted by Gasteiger charge is 2.36. The minimum absolute atomic E-state index is 0.0247. The van der Waals surface area contributed by atoms with Gasteiger partial charge in [-0.1, -0.05) is 35.5 Å². The first kappa shape index (κ1) is 15.5. The van der Waals surface area contributed by atoms with E-state index in [2.05, 4.69) is 39.0 Å². The van der Waals surface area contributed by atoms with E-state index < -0.39 is 11.3 Å². The second-order valence-electron chi connectivity index (χ2n) is 6.09. The molecule has 1 saturated heterocycles. The van der Waals surface area contributed by atoms with Crippen molar-refractivity contribution in [3.8, 4) is 0 Å². The number of rotatable bonds is 5. The minimum Gasteiger partial charge on any atom is -0.330 e. The lowest BCUT2D eigenvalue weighted by Crippen LogP contribution is -2.45.